The molecule has 1 aliphatic carbocycles. The average molecular weight is 477 g/mol. The summed E-state index contributed by atoms with van der Waals surface area (Å²) in [6.45, 7) is 4.70. The number of para-hydroxylation sites is 2. The van der Waals surface area contributed by atoms with Crippen molar-refractivity contribution < 1.29 is 0 Å². The first-order valence-corrected chi connectivity index (χ1v) is 12.9. The molecule has 0 bridgehead atoms. The number of benzene rings is 5. The maximum atomic E-state index is 4.87. The van der Waals surface area contributed by atoms with Gasteiger partial charge in [-0.15, -0.1) is 0 Å². The Hall–Kier alpha value is -4.43. The molecule has 1 aliphatic rings. The Bertz CT molecular complexity index is 1790. The summed E-state index contributed by atoms with van der Waals surface area (Å²) in [5.74, 6) is 0.993. The third-order valence-electron chi connectivity index (χ3n) is 8.05. The number of nitrogens with zero attached hydrogens (tertiary/aromatic N) is 2. The Labute approximate surface area is 217 Å². The molecule has 7 rings (SSSR count). The van der Waals surface area contributed by atoms with Gasteiger partial charge in [-0.1, -0.05) is 105 Å². The van der Waals surface area contributed by atoms with Crippen LogP contribution in [0.3, 0.4) is 0 Å². The SMILES string of the molecule is Cn1c(-c2ccc(-c3ccc4c(c3)C(C)(C)c3cc(-c5ccccc5)ccc3-4)cc2)nc2ccccc21. The van der Waals surface area contributed by atoms with Gasteiger partial charge in [0.1, 0.15) is 5.82 Å². The van der Waals surface area contributed by atoms with E-state index in [-0.39, 0.29) is 5.41 Å². The van der Waals surface area contributed by atoms with Crippen molar-refractivity contribution in [3.8, 4) is 44.8 Å². The molecular weight excluding hydrogens is 448 g/mol. The van der Waals surface area contributed by atoms with E-state index < -0.39 is 0 Å². The van der Waals surface area contributed by atoms with Crippen LogP contribution in [0.1, 0.15) is 25.0 Å². The summed E-state index contributed by atoms with van der Waals surface area (Å²) in [6.07, 6.45) is 0. The highest BCUT2D eigenvalue weighted by Gasteiger charge is 2.35. The molecule has 1 aromatic heterocycles. The van der Waals surface area contributed by atoms with Crippen molar-refractivity contribution >= 4 is 11.0 Å². The van der Waals surface area contributed by atoms with Gasteiger partial charge in [0.15, 0.2) is 0 Å². The van der Waals surface area contributed by atoms with Crippen LogP contribution in [-0.2, 0) is 12.5 Å². The fraction of sp³-hybridized carbons (Fsp3) is 0.114. The fourth-order valence-corrected chi connectivity index (χ4v) is 5.94. The Morgan fingerprint density at radius 3 is 1.68 bits per heavy atom. The third-order valence-corrected chi connectivity index (χ3v) is 8.05. The first-order valence-electron chi connectivity index (χ1n) is 12.9. The second-order valence-corrected chi connectivity index (χ2v) is 10.6. The second-order valence-electron chi connectivity index (χ2n) is 10.6. The molecule has 178 valence electrons. The van der Waals surface area contributed by atoms with Crippen molar-refractivity contribution in [3.05, 3.63) is 126 Å². The molecule has 0 unspecified atom stereocenters. The molecule has 0 N–H and O–H groups in total. The zero-order valence-electron chi connectivity index (χ0n) is 21.4. The molecule has 2 heteroatoms. The summed E-state index contributed by atoms with van der Waals surface area (Å²) in [6, 6.07) is 41.7. The molecule has 1 heterocycles. The number of hydrogen-bond donors (Lipinski definition) is 0. The molecule has 37 heavy (non-hydrogen) atoms. The highest BCUT2D eigenvalue weighted by Crippen LogP contribution is 2.50. The number of aryl methyl sites for hydroxylation is 1. The molecule has 5 aromatic carbocycles. The normalized spacial score (nSPS) is 13.5. The maximum Gasteiger partial charge on any atom is 0.140 e. The van der Waals surface area contributed by atoms with Crippen molar-refractivity contribution in [1.82, 2.24) is 9.55 Å². The van der Waals surface area contributed by atoms with Crippen molar-refractivity contribution in [1.29, 1.82) is 0 Å². The first-order chi connectivity index (χ1) is 18.0. The molecule has 0 amide bonds. The largest absolute Gasteiger partial charge is 0.327 e. The van der Waals surface area contributed by atoms with Crippen LogP contribution in [0.4, 0.5) is 0 Å². The molecule has 0 spiro atoms. The first kappa shape index (κ1) is 21.8. The van der Waals surface area contributed by atoms with Gasteiger partial charge < -0.3 is 4.57 Å². The van der Waals surface area contributed by atoms with Gasteiger partial charge in [0.25, 0.3) is 0 Å². The van der Waals surface area contributed by atoms with Gasteiger partial charge >= 0.3 is 0 Å². The molecule has 2 nitrogen and oxygen atoms in total. The molecule has 0 fully saturated rings. The van der Waals surface area contributed by atoms with Gasteiger partial charge in [-0.25, -0.2) is 4.98 Å². The van der Waals surface area contributed by atoms with E-state index in [9.17, 15) is 0 Å². The zero-order chi connectivity index (χ0) is 25.1. The van der Waals surface area contributed by atoms with E-state index in [1.54, 1.807) is 0 Å². The van der Waals surface area contributed by atoms with Crippen LogP contribution in [-0.4, -0.2) is 9.55 Å². The minimum absolute atomic E-state index is 0.0571. The van der Waals surface area contributed by atoms with Crippen LogP contribution in [0.15, 0.2) is 115 Å². The van der Waals surface area contributed by atoms with E-state index in [0.717, 1.165) is 22.4 Å². The van der Waals surface area contributed by atoms with Crippen LogP contribution in [0.2, 0.25) is 0 Å². The minimum Gasteiger partial charge on any atom is -0.327 e. The molecule has 0 radical (unpaired) electrons. The Morgan fingerprint density at radius 1 is 0.541 bits per heavy atom. The summed E-state index contributed by atoms with van der Waals surface area (Å²) in [7, 11) is 2.09. The second kappa shape index (κ2) is 8.04. The van der Waals surface area contributed by atoms with Gasteiger partial charge in [-0.3, -0.25) is 0 Å². The lowest BCUT2D eigenvalue weighted by Crippen LogP contribution is -2.15. The summed E-state index contributed by atoms with van der Waals surface area (Å²) >= 11 is 0. The molecule has 6 aromatic rings. The average Bonchev–Trinajstić information content (AvgIpc) is 3.40. The van der Waals surface area contributed by atoms with Crippen molar-refractivity contribution in [2.24, 2.45) is 7.05 Å². The standard InChI is InChI=1S/C35H28N2/c1-35(2)30-21-26(23-9-5-4-6-10-23)17-19-28(30)29-20-18-27(22-31(29)35)24-13-15-25(16-14-24)34-36-32-11-7-8-12-33(32)37(34)3/h4-22H,1-3H3. The zero-order valence-corrected chi connectivity index (χ0v) is 21.4. The minimum atomic E-state index is -0.0571. The number of aromatic nitrogens is 2. The van der Waals surface area contributed by atoms with E-state index in [2.05, 4.69) is 135 Å². The summed E-state index contributed by atoms with van der Waals surface area (Å²) in [5, 5.41) is 0. The van der Waals surface area contributed by atoms with Crippen LogP contribution < -0.4 is 0 Å². The van der Waals surface area contributed by atoms with E-state index in [1.807, 2.05) is 6.07 Å². The van der Waals surface area contributed by atoms with E-state index in [4.69, 9.17) is 4.98 Å². The molecule has 0 saturated heterocycles. The topological polar surface area (TPSA) is 17.8 Å². The van der Waals surface area contributed by atoms with Crippen molar-refractivity contribution in [2.45, 2.75) is 19.3 Å². The lowest BCUT2D eigenvalue weighted by atomic mass is 9.81. The summed E-state index contributed by atoms with van der Waals surface area (Å²) in [5.41, 5.74) is 13.8. The van der Waals surface area contributed by atoms with Gasteiger partial charge in [0.05, 0.1) is 11.0 Å². The highest BCUT2D eigenvalue weighted by molar-refractivity contribution is 5.86. The van der Waals surface area contributed by atoms with Gasteiger partial charge in [-0.05, 0) is 68.8 Å². The Morgan fingerprint density at radius 2 is 1.05 bits per heavy atom. The van der Waals surface area contributed by atoms with E-state index in [0.29, 0.717) is 0 Å². The quantitative estimate of drug-likeness (QED) is 0.249. The van der Waals surface area contributed by atoms with Crippen LogP contribution >= 0.6 is 0 Å². The molecule has 0 saturated carbocycles. The van der Waals surface area contributed by atoms with Gasteiger partial charge in [-0.2, -0.15) is 0 Å². The lowest BCUT2D eigenvalue weighted by molar-refractivity contribution is 0.661. The Balaban J connectivity index is 1.25. The monoisotopic (exact) mass is 476 g/mol. The number of fused-ring (bicyclic) bond motifs is 4. The van der Waals surface area contributed by atoms with Crippen LogP contribution in [0, 0.1) is 0 Å². The van der Waals surface area contributed by atoms with Gasteiger partial charge in [0.2, 0.25) is 0 Å². The van der Waals surface area contributed by atoms with E-state index >= 15 is 0 Å². The smallest absolute Gasteiger partial charge is 0.140 e. The maximum absolute atomic E-state index is 4.87. The number of hydrogen-bond acceptors (Lipinski definition) is 1. The molecule has 0 atom stereocenters. The third kappa shape index (κ3) is 3.37. The van der Waals surface area contributed by atoms with Crippen molar-refractivity contribution in [3.63, 3.8) is 0 Å². The summed E-state index contributed by atoms with van der Waals surface area (Å²) < 4.78 is 2.17. The van der Waals surface area contributed by atoms with Crippen LogP contribution in [0.25, 0.3) is 55.8 Å². The van der Waals surface area contributed by atoms with E-state index in [1.165, 1.54) is 44.5 Å². The lowest BCUT2D eigenvalue weighted by Gasteiger charge is -2.22. The van der Waals surface area contributed by atoms with Crippen LogP contribution in [0.5, 0.6) is 0 Å². The van der Waals surface area contributed by atoms with Gasteiger partial charge in [0, 0.05) is 18.0 Å². The fourth-order valence-electron chi connectivity index (χ4n) is 5.94. The highest BCUT2D eigenvalue weighted by atomic mass is 15.1. The molecule has 0 aliphatic heterocycles. The van der Waals surface area contributed by atoms with Crippen molar-refractivity contribution in [2.75, 3.05) is 0 Å². The molecular formula is C35H28N2. The number of rotatable bonds is 3. The summed E-state index contributed by atoms with van der Waals surface area (Å²) in [4.78, 5) is 4.87. The Kier molecular flexibility index (Phi) is 4.74. The predicted octanol–water partition coefficient (Wildman–Crippen LogP) is 8.88. The number of imidazole rings is 1. The predicted molar refractivity (Wildman–Crippen MR) is 155 cm³/mol.